The predicted molar refractivity (Wildman–Crippen MR) is 64.0 cm³/mol. The zero-order valence-corrected chi connectivity index (χ0v) is 9.54. The highest BCUT2D eigenvalue weighted by Crippen LogP contribution is 2.11. The number of nitrogens with zero attached hydrogens (tertiary/aromatic N) is 3. The summed E-state index contributed by atoms with van der Waals surface area (Å²) in [5, 5.41) is 15.9. The van der Waals surface area contributed by atoms with Gasteiger partial charge in [0, 0.05) is 25.5 Å². The van der Waals surface area contributed by atoms with Crippen molar-refractivity contribution in [3.05, 3.63) is 24.7 Å². The van der Waals surface area contributed by atoms with E-state index in [1.807, 2.05) is 12.3 Å². The first-order valence-corrected chi connectivity index (χ1v) is 5.62. The lowest BCUT2D eigenvalue weighted by Gasteiger charge is -2.06. The molecule has 2 aromatic heterocycles. The van der Waals surface area contributed by atoms with Gasteiger partial charge in [0.1, 0.15) is 5.52 Å². The van der Waals surface area contributed by atoms with Crippen LogP contribution in [-0.2, 0) is 4.74 Å². The summed E-state index contributed by atoms with van der Waals surface area (Å²) < 4.78 is 6.94. The van der Waals surface area contributed by atoms with Gasteiger partial charge in [0.2, 0.25) is 0 Å². The second kappa shape index (κ2) is 6.17. The standard InChI is InChI=1S/C11H16N4O2/c16-7-9-17-8-1-3-12-11-10-2-4-14-15(10)6-5-13-11/h2,4-6,16H,1,3,7-9H2,(H,12,13). The molecule has 0 amide bonds. The van der Waals surface area contributed by atoms with E-state index in [1.54, 1.807) is 16.9 Å². The minimum Gasteiger partial charge on any atom is -0.394 e. The fraction of sp³-hybridized carbons (Fsp3) is 0.455. The Morgan fingerprint density at radius 3 is 3.18 bits per heavy atom. The Hall–Kier alpha value is -1.66. The molecule has 0 bridgehead atoms. The molecule has 17 heavy (non-hydrogen) atoms. The number of aliphatic hydroxyl groups is 1. The fourth-order valence-corrected chi connectivity index (χ4v) is 1.54. The molecule has 6 heteroatoms. The van der Waals surface area contributed by atoms with Gasteiger partial charge in [0.15, 0.2) is 5.82 Å². The van der Waals surface area contributed by atoms with Gasteiger partial charge < -0.3 is 15.2 Å². The zero-order valence-electron chi connectivity index (χ0n) is 9.54. The van der Waals surface area contributed by atoms with Crippen LogP contribution in [0.25, 0.3) is 5.52 Å². The average molecular weight is 236 g/mol. The monoisotopic (exact) mass is 236 g/mol. The minimum atomic E-state index is 0.0735. The number of rotatable bonds is 7. The highest BCUT2D eigenvalue weighted by Gasteiger charge is 2.01. The third-order valence-electron chi connectivity index (χ3n) is 2.32. The molecule has 0 aliphatic carbocycles. The maximum absolute atomic E-state index is 8.54. The van der Waals surface area contributed by atoms with Crippen LogP contribution in [0.3, 0.4) is 0 Å². The largest absolute Gasteiger partial charge is 0.394 e. The summed E-state index contributed by atoms with van der Waals surface area (Å²) in [5.41, 5.74) is 0.962. The second-order valence-corrected chi connectivity index (χ2v) is 3.55. The van der Waals surface area contributed by atoms with E-state index >= 15 is 0 Å². The summed E-state index contributed by atoms with van der Waals surface area (Å²) in [5.74, 6) is 0.826. The number of aliphatic hydroxyl groups excluding tert-OH is 1. The molecule has 0 saturated carbocycles. The molecule has 2 aromatic rings. The summed E-state index contributed by atoms with van der Waals surface area (Å²) >= 11 is 0. The van der Waals surface area contributed by atoms with E-state index in [1.165, 1.54) is 0 Å². The van der Waals surface area contributed by atoms with Crippen LogP contribution in [0.5, 0.6) is 0 Å². The Kier molecular flexibility index (Phi) is 4.29. The van der Waals surface area contributed by atoms with Crippen molar-refractivity contribution in [2.75, 3.05) is 31.7 Å². The number of nitrogens with one attached hydrogen (secondary N) is 1. The lowest BCUT2D eigenvalue weighted by molar-refractivity contribution is 0.0922. The van der Waals surface area contributed by atoms with E-state index in [-0.39, 0.29) is 6.61 Å². The molecule has 0 unspecified atom stereocenters. The highest BCUT2D eigenvalue weighted by molar-refractivity contribution is 5.66. The Morgan fingerprint density at radius 1 is 1.35 bits per heavy atom. The van der Waals surface area contributed by atoms with Crippen molar-refractivity contribution in [1.82, 2.24) is 14.6 Å². The topological polar surface area (TPSA) is 71.7 Å². The Balaban J connectivity index is 1.80. The molecule has 6 nitrogen and oxygen atoms in total. The van der Waals surface area contributed by atoms with E-state index in [0.717, 1.165) is 24.3 Å². The van der Waals surface area contributed by atoms with Crippen molar-refractivity contribution < 1.29 is 9.84 Å². The van der Waals surface area contributed by atoms with Crippen molar-refractivity contribution in [2.45, 2.75) is 6.42 Å². The number of aromatic nitrogens is 3. The Bertz CT molecular complexity index is 457. The van der Waals surface area contributed by atoms with E-state index in [2.05, 4.69) is 15.4 Å². The van der Waals surface area contributed by atoms with Gasteiger partial charge in [-0.05, 0) is 12.5 Å². The lowest BCUT2D eigenvalue weighted by Crippen LogP contribution is -2.09. The van der Waals surface area contributed by atoms with Gasteiger partial charge in [0.05, 0.1) is 19.4 Å². The van der Waals surface area contributed by atoms with E-state index < -0.39 is 0 Å². The van der Waals surface area contributed by atoms with Gasteiger partial charge in [-0.3, -0.25) is 0 Å². The van der Waals surface area contributed by atoms with Crippen molar-refractivity contribution in [3.63, 3.8) is 0 Å². The molecule has 2 rings (SSSR count). The maximum Gasteiger partial charge on any atom is 0.152 e. The first kappa shape index (κ1) is 11.8. The van der Waals surface area contributed by atoms with Crippen molar-refractivity contribution in [1.29, 1.82) is 0 Å². The Morgan fingerprint density at radius 2 is 2.29 bits per heavy atom. The van der Waals surface area contributed by atoms with Crippen molar-refractivity contribution in [2.24, 2.45) is 0 Å². The van der Waals surface area contributed by atoms with Gasteiger partial charge >= 0.3 is 0 Å². The predicted octanol–water partition coefficient (Wildman–Crippen LogP) is 0.540. The first-order chi connectivity index (χ1) is 8.42. The number of hydrogen-bond acceptors (Lipinski definition) is 5. The lowest BCUT2D eigenvalue weighted by atomic mass is 10.4. The zero-order chi connectivity index (χ0) is 11.9. The average Bonchev–Trinajstić information content (AvgIpc) is 2.82. The van der Waals surface area contributed by atoms with Crippen LogP contribution in [0, 0.1) is 0 Å². The fourth-order valence-electron chi connectivity index (χ4n) is 1.54. The van der Waals surface area contributed by atoms with Gasteiger partial charge in [0.25, 0.3) is 0 Å². The van der Waals surface area contributed by atoms with Gasteiger partial charge in [-0.15, -0.1) is 0 Å². The number of ether oxygens (including phenoxy) is 1. The van der Waals surface area contributed by atoms with E-state index in [0.29, 0.717) is 13.2 Å². The van der Waals surface area contributed by atoms with Gasteiger partial charge in [-0.25, -0.2) is 9.50 Å². The molecule has 0 fully saturated rings. The quantitative estimate of drug-likeness (QED) is 0.686. The molecular weight excluding hydrogens is 220 g/mol. The third-order valence-corrected chi connectivity index (χ3v) is 2.32. The molecular formula is C11H16N4O2. The van der Waals surface area contributed by atoms with Crippen LogP contribution in [0.4, 0.5) is 5.82 Å². The summed E-state index contributed by atoms with van der Waals surface area (Å²) in [6.07, 6.45) is 6.14. The van der Waals surface area contributed by atoms with Crippen LogP contribution in [0.15, 0.2) is 24.7 Å². The van der Waals surface area contributed by atoms with Crippen LogP contribution in [0.2, 0.25) is 0 Å². The number of hydrogen-bond donors (Lipinski definition) is 2. The first-order valence-electron chi connectivity index (χ1n) is 5.62. The van der Waals surface area contributed by atoms with Crippen LogP contribution >= 0.6 is 0 Å². The molecule has 0 saturated heterocycles. The van der Waals surface area contributed by atoms with E-state index in [4.69, 9.17) is 9.84 Å². The molecule has 2 heterocycles. The molecule has 0 spiro atoms. The van der Waals surface area contributed by atoms with Crippen LogP contribution in [0.1, 0.15) is 6.42 Å². The van der Waals surface area contributed by atoms with Crippen LogP contribution < -0.4 is 5.32 Å². The molecule has 0 aliphatic rings. The maximum atomic E-state index is 8.54. The summed E-state index contributed by atoms with van der Waals surface area (Å²) in [4.78, 5) is 4.26. The third kappa shape index (κ3) is 3.15. The minimum absolute atomic E-state index is 0.0735. The summed E-state index contributed by atoms with van der Waals surface area (Å²) in [6, 6.07) is 1.91. The van der Waals surface area contributed by atoms with Crippen molar-refractivity contribution >= 4 is 11.3 Å². The van der Waals surface area contributed by atoms with E-state index in [9.17, 15) is 0 Å². The van der Waals surface area contributed by atoms with Crippen LogP contribution in [-0.4, -0.2) is 46.1 Å². The Labute approximate surface area is 99.2 Å². The second-order valence-electron chi connectivity index (χ2n) is 3.55. The van der Waals surface area contributed by atoms with Crippen molar-refractivity contribution in [3.8, 4) is 0 Å². The molecule has 2 N–H and O–H groups in total. The number of fused-ring (bicyclic) bond motifs is 1. The summed E-state index contributed by atoms with van der Waals surface area (Å²) in [7, 11) is 0. The molecule has 92 valence electrons. The molecule has 0 atom stereocenters. The molecule has 0 radical (unpaired) electrons. The number of anilines is 1. The van der Waals surface area contributed by atoms with Gasteiger partial charge in [-0.1, -0.05) is 0 Å². The molecule has 0 aliphatic heterocycles. The van der Waals surface area contributed by atoms with Gasteiger partial charge in [-0.2, -0.15) is 5.10 Å². The SMILES string of the molecule is OCCOCCCNc1nccn2nccc12. The highest BCUT2D eigenvalue weighted by atomic mass is 16.5. The molecule has 0 aromatic carbocycles. The smallest absolute Gasteiger partial charge is 0.152 e. The summed E-state index contributed by atoms with van der Waals surface area (Å²) in [6.45, 7) is 1.89. The normalized spacial score (nSPS) is 10.9.